The van der Waals surface area contributed by atoms with Crippen molar-refractivity contribution in [3.63, 3.8) is 0 Å². The lowest BCUT2D eigenvalue weighted by atomic mass is 10.0. The van der Waals surface area contributed by atoms with Crippen LogP contribution in [0.15, 0.2) is 24.3 Å². The number of rotatable bonds is 2. The minimum Gasteiger partial charge on any atom is -0.508 e. The number of fused-ring (bicyclic) bond motifs is 2. The predicted octanol–water partition coefficient (Wildman–Crippen LogP) is -3.51. The molecule has 2 heterocycles. The van der Waals surface area contributed by atoms with Gasteiger partial charge in [-0.25, -0.2) is 0 Å². The number of nitrogens with one attached hydrogen (secondary N) is 3. The molecule has 2 saturated heterocycles. The maximum atomic E-state index is 12.7. The van der Waals surface area contributed by atoms with Crippen LogP contribution in [0.2, 0.25) is 0 Å². The van der Waals surface area contributed by atoms with Crippen LogP contribution >= 0.6 is 0 Å². The highest BCUT2D eigenvalue weighted by atomic mass is 16.7. The van der Waals surface area contributed by atoms with Gasteiger partial charge < -0.3 is 45.9 Å². The van der Waals surface area contributed by atoms with E-state index >= 15 is 0 Å². The number of esters is 1. The van der Waals surface area contributed by atoms with E-state index < -0.39 is 74.2 Å². The number of carbonyl (C=O) groups excluding carboxylic acids is 3. The Morgan fingerprint density at radius 3 is 2.48 bits per heavy atom. The van der Waals surface area contributed by atoms with Crippen LogP contribution in [0, 0.1) is 0 Å². The van der Waals surface area contributed by atoms with Crippen molar-refractivity contribution in [3.8, 4) is 5.75 Å². The summed E-state index contributed by atoms with van der Waals surface area (Å²) in [6.07, 6.45) is -4.37. The second kappa shape index (κ2) is 9.58. The van der Waals surface area contributed by atoms with Crippen molar-refractivity contribution in [1.82, 2.24) is 16.0 Å². The van der Waals surface area contributed by atoms with Crippen LogP contribution in [0.4, 0.5) is 0 Å². The van der Waals surface area contributed by atoms with Gasteiger partial charge in [0, 0.05) is 0 Å². The quantitative estimate of drug-likeness (QED) is 0.228. The molecule has 12 heteroatoms. The standard InChI is InChI=1S/C19H25N3O9/c23-11-3-1-10(2-4-11)5-12-18(28)21-6-14(24)20-7-15(25)30-8-13-16(26)17(27)19(29,31-13)9-22-12/h1-4,12-13,16-17,22-23,26-27,29H,5-9H2,(H,20,24)(H,21,28)/t12?,13-,16-,17+,19?/m1/s1. The van der Waals surface area contributed by atoms with Crippen LogP contribution in [-0.4, -0.2) is 94.6 Å². The van der Waals surface area contributed by atoms with Crippen LogP contribution in [0.1, 0.15) is 5.56 Å². The van der Waals surface area contributed by atoms with Gasteiger partial charge in [-0.2, -0.15) is 0 Å². The van der Waals surface area contributed by atoms with Crippen molar-refractivity contribution in [1.29, 1.82) is 0 Å². The zero-order valence-corrected chi connectivity index (χ0v) is 16.5. The Morgan fingerprint density at radius 2 is 1.77 bits per heavy atom. The molecule has 7 N–H and O–H groups in total. The Balaban J connectivity index is 1.79. The minimum atomic E-state index is -2.25. The molecule has 170 valence electrons. The van der Waals surface area contributed by atoms with Crippen molar-refractivity contribution >= 4 is 17.8 Å². The van der Waals surface area contributed by atoms with E-state index in [4.69, 9.17) is 9.47 Å². The minimum absolute atomic E-state index is 0.0495. The summed E-state index contributed by atoms with van der Waals surface area (Å²) >= 11 is 0. The fraction of sp³-hybridized carbons (Fsp3) is 0.526. The first-order chi connectivity index (χ1) is 14.7. The Kier molecular flexibility index (Phi) is 7.08. The maximum Gasteiger partial charge on any atom is 0.325 e. The summed E-state index contributed by atoms with van der Waals surface area (Å²) < 4.78 is 10.2. The van der Waals surface area contributed by atoms with E-state index in [9.17, 15) is 34.8 Å². The van der Waals surface area contributed by atoms with Gasteiger partial charge in [0.25, 0.3) is 0 Å². The zero-order valence-electron chi connectivity index (χ0n) is 16.5. The van der Waals surface area contributed by atoms with Crippen LogP contribution in [0.3, 0.4) is 0 Å². The van der Waals surface area contributed by atoms with Crippen molar-refractivity contribution < 1.29 is 44.3 Å². The van der Waals surface area contributed by atoms with Crippen LogP contribution in [0.25, 0.3) is 0 Å². The average molecular weight is 439 g/mol. The third-order valence-electron chi connectivity index (χ3n) is 5.08. The second-order valence-corrected chi connectivity index (χ2v) is 7.42. The highest BCUT2D eigenvalue weighted by Crippen LogP contribution is 2.29. The molecule has 12 nitrogen and oxygen atoms in total. The van der Waals surface area contributed by atoms with Crippen molar-refractivity contribution in [2.24, 2.45) is 0 Å². The summed E-state index contributed by atoms with van der Waals surface area (Å²) in [4.78, 5) is 36.3. The molecule has 2 aliphatic heterocycles. The highest BCUT2D eigenvalue weighted by molar-refractivity contribution is 5.89. The van der Waals surface area contributed by atoms with Gasteiger partial charge in [-0.15, -0.1) is 0 Å². The van der Waals surface area contributed by atoms with Gasteiger partial charge in [0.1, 0.15) is 37.2 Å². The average Bonchev–Trinajstić information content (AvgIpc) is 2.96. The van der Waals surface area contributed by atoms with Crippen molar-refractivity contribution in [2.75, 3.05) is 26.2 Å². The largest absolute Gasteiger partial charge is 0.508 e. The van der Waals surface area contributed by atoms with Crippen LogP contribution < -0.4 is 16.0 Å². The monoisotopic (exact) mass is 439 g/mol. The molecular formula is C19H25N3O9. The molecule has 0 spiro atoms. The van der Waals surface area contributed by atoms with Gasteiger partial charge in [-0.05, 0) is 24.1 Å². The summed E-state index contributed by atoms with van der Waals surface area (Å²) in [6.45, 7) is -1.77. The number of phenols is 1. The normalized spacial score (nSPS) is 32.9. The number of amides is 2. The third kappa shape index (κ3) is 5.68. The molecule has 2 unspecified atom stereocenters. The van der Waals surface area contributed by atoms with E-state index in [2.05, 4.69) is 16.0 Å². The zero-order chi connectivity index (χ0) is 22.6. The number of aliphatic hydroxyl groups excluding tert-OH is 2. The molecular weight excluding hydrogens is 414 g/mol. The fourth-order valence-electron chi connectivity index (χ4n) is 3.30. The molecule has 1 aromatic carbocycles. The van der Waals surface area contributed by atoms with Gasteiger partial charge in [-0.3, -0.25) is 14.4 Å². The number of hydrogen-bond donors (Lipinski definition) is 7. The molecule has 2 aliphatic rings. The number of aromatic hydroxyl groups is 1. The number of ether oxygens (including phenoxy) is 2. The summed E-state index contributed by atoms with van der Waals surface area (Å²) in [5.74, 6) is -4.23. The molecule has 5 atom stereocenters. The van der Waals surface area contributed by atoms with Gasteiger partial charge in [-0.1, -0.05) is 12.1 Å². The number of benzene rings is 1. The Morgan fingerprint density at radius 1 is 1.06 bits per heavy atom. The van der Waals surface area contributed by atoms with Crippen LogP contribution in [0.5, 0.6) is 5.75 Å². The molecule has 2 fully saturated rings. The van der Waals surface area contributed by atoms with E-state index in [1.165, 1.54) is 12.1 Å². The van der Waals surface area contributed by atoms with Crippen LogP contribution in [-0.2, 0) is 30.3 Å². The second-order valence-electron chi connectivity index (χ2n) is 7.42. The molecule has 31 heavy (non-hydrogen) atoms. The molecule has 2 amide bonds. The molecule has 0 aromatic heterocycles. The lowest BCUT2D eigenvalue weighted by Gasteiger charge is -2.29. The number of hydrogen-bond acceptors (Lipinski definition) is 10. The molecule has 0 radical (unpaired) electrons. The maximum absolute atomic E-state index is 12.7. The lowest BCUT2D eigenvalue weighted by Crippen LogP contribution is -2.56. The first kappa shape index (κ1) is 22.9. The van der Waals surface area contributed by atoms with Gasteiger partial charge in [0.15, 0.2) is 0 Å². The Hall–Kier alpha value is -2.77. The summed E-state index contributed by atoms with van der Waals surface area (Å²) in [5.41, 5.74) is 0.671. The number of cyclic esters (lactones) is 1. The van der Waals surface area contributed by atoms with E-state index in [1.807, 2.05) is 0 Å². The van der Waals surface area contributed by atoms with E-state index in [0.29, 0.717) is 5.56 Å². The Bertz CT molecular complexity index is 818. The first-order valence-electron chi connectivity index (χ1n) is 9.65. The number of β-amino-alcohol motifs (C(OH)–C–C–N with tert-alkyl or cyclic N) is 1. The fourth-order valence-corrected chi connectivity index (χ4v) is 3.30. The van der Waals surface area contributed by atoms with E-state index in [1.54, 1.807) is 12.1 Å². The third-order valence-corrected chi connectivity index (χ3v) is 5.08. The molecule has 2 bridgehead atoms. The van der Waals surface area contributed by atoms with Gasteiger partial charge >= 0.3 is 5.97 Å². The molecule has 0 aliphatic carbocycles. The number of aliphatic hydroxyl groups is 3. The van der Waals surface area contributed by atoms with Crippen molar-refractivity contribution in [3.05, 3.63) is 29.8 Å². The summed E-state index contributed by atoms with van der Waals surface area (Å²) in [6, 6.07) is 5.14. The SMILES string of the molecule is O=C1CNC(=O)C(Cc2ccc(O)cc2)NCC2(O)O[C@H](COC(=O)CN1)[C@@H](O)[C@@H]2O. The lowest BCUT2D eigenvalue weighted by molar-refractivity contribution is -0.228. The van der Waals surface area contributed by atoms with E-state index in [0.717, 1.165) is 0 Å². The highest BCUT2D eigenvalue weighted by Gasteiger charge is 2.53. The van der Waals surface area contributed by atoms with E-state index in [-0.39, 0.29) is 12.2 Å². The molecule has 1 aromatic rings. The summed E-state index contributed by atoms with van der Waals surface area (Å²) in [5, 5.41) is 48.0. The predicted molar refractivity (Wildman–Crippen MR) is 102 cm³/mol. The smallest absolute Gasteiger partial charge is 0.325 e. The number of carbonyl (C=O) groups is 3. The molecule has 0 saturated carbocycles. The Labute approximate surface area is 177 Å². The van der Waals surface area contributed by atoms with Gasteiger partial charge in [0.05, 0.1) is 19.1 Å². The van der Waals surface area contributed by atoms with Crippen molar-refractivity contribution in [2.45, 2.75) is 36.6 Å². The first-order valence-corrected chi connectivity index (χ1v) is 9.65. The van der Waals surface area contributed by atoms with Gasteiger partial charge in [0.2, 0.25) is 17.6 Å². The molecule has 3 rings (SSSR count). The summed E-state index contributed by atoms with van der Waals surface area (Å²) in [7, 11) is 0. The topological polar surface area (TPSA) is 187 Å². The number of phenolic OH excluding ortho intramolecular Hbond substituents is 1.